The lowest BCUT2D eigenvalue weighted by Gasteiger charge is -2.29. The Hall–Kier alpha value is -0.670. The Bertz CT molecular complexity index is 350. The molecule has 1 aromatic rings. The molecule has 1 aliphatic rings. The largest absolute Gasteiger partial charge is 0.496 e. The molecule has 0 bridgehead atoms. The van der Waals surface area contributed by atoms with E-state index < -0.39 is 0 Å². The highest BCUT2D eigenvalue weighted by atomic mass is 32.2. The molecule has 2 nitrogen and oxygen atoms in total. The van der Waals surface area contributed by atoms with Gasteiger partial charge in [-0.1, -0.05) is 6.07 Å². The van der Waals surface area contributed by atoms with Crippen molar-refractivity contribution >= 4 is 11.8 Å². The van der Waals surface area contributed by atoms with Gasteiger partial charge in [0.1, 0.15) is 5.75 Å². The minimum atomic E-state index is 0.0744. The lowest BCUT2D eigenvalue weighted by Crippen LogP contribution is -2.34. The molecular formula is C13H19NOS. The molecule has 1 atom stereocenters. The van der Waals surface area contributed by atoms with Gasteiger partial charge in [-0.2, -0.15) is 0 Å². The highest BCUT2D eigenvalue weighted by Gasteiger charge is 2.34. The Morgan fingerprint density at radius 2 is 2.25 bits per heavy atom. The molecule has 16 heavy (non-hydrogen) atoms. The molecule has 1 unspecified atom stereocenters. The van der Waals surface area contributed by atoms with Gasteiger partial charge in [-0.05, 0) is 44.7 Å². The van der Waals surface area contributed by atoms with E-state index in [0.29, 0.717) is 0 Å². The summed E-state index contributed by atoms with van der Waals surface area (Å²) in [5, 5.41) is 3.61. The van der Waals surface area contributed by atoms with Crippen LogP contribution in [0.25, 0.3) is 0 Å². The predicted octanol–water partition coefficient (Wildman–Crippen LogP) is 3.02. The molecule has 1 heterocycles. The van der Waals surface area contributed by atoms with Crippen molar-refractivity contribution in [1.29, 1.82) is 0 Å². The summed E-state index contributed by atoms with van der Waals surface area (Å²) in [7, 11) is 1.75. The molecule has 0 amide bonds. The van der Waals surface area contributed by atoms with Crippen LogP contribution in [0.2, 0.25) is 0 Å². The van der Waals surface area contributed by atoms with E-state index >= 15 is 0 Å². The average molecular weight is 237 g/mol. The number of nitrogens with one attached hydrogen (secondary N) is 1. The van der Waals surface area contributed by atoms with Crippen LogP contribution in [0, 0.1) is 0 Å². The molecule has 0 spiro atoms. The second-order valence-corrected chi connectivity index (χ2v) is 5.25. The fourth-order valence-corrected chi connectivity index (χ4v) is 3.25. The van der Waals surface area contributed by atoms with E-state index in [1.54, 1.807) is 18.9 Å². The van der Waals surface area contributed by atoms with E-state index in [-0.39, 0.29) is 5.54 Å². The van der Waals surface area contributed by atoms with Crippen molar-refractivity contribution < 1.29 is 4.74 Å². The molecule has 1 fully saturated rings. The summed E-state index contributed by atoms with van der Waals surface area (Å²) < 4.78 is 5.51. The number of hydrogen-bond acceptors (Lipinski definition) is 3. The lowest BCUT2D eigenvalue weighted by molar-refractivity contribution is 0.365. The second-order valence-electron chi connectivity index (χ2n) is 4.40. The van der Waals surface area contributed by atoms with Crippen molar-refractivity contribution in [2.45, 2.75) is 30.2 Å². The van der Waals surface area contributed by atoms with Crippen LogP contribution in [0.3, 0.4) is 0 Å². The first-order chi connectivity index (χ1) is 7.71. The van der Waals surface area contributed by atoms with Gasteiger partial charge in [-0.3, -0.25) is 0 Å². The van der Waals surface area contributed by atoms with Gasteiger partial charge < -0.3 is 10.1 Å². The molecule has 0 aromatic heterocycles. The summed E-state index contributed by atoms with van der Waals surface area (Å²) in [5.74, 6) is 1.00. The molecule has 0 aliphatic carbocycles. The third-order valence-electron chi connectivity index (χ3n) is 3.35. The van der Waals surface area contributed by atoms with Gasteiger partial charge in [0.05, 0.1) is 7.11 Å². The molecule has 1 saturated heterocycles. The first-order valence-electron chi connectivity index (χ1n) is 5.68. The number of thioether (sulfide) groups is 1. The van der Waals surface area contributed by atoms with Crippen LogP contribution in [-0.4, -0.2) is 19.9 Å². The highest BCUT2D eigenvalue weighted by molar-refractivity contribution is 7.98. The van der Waals surface area contributed by atoms with Crippen molar-refractivity contribution in [3.05, 3.63) is 23.8 Å². The Kier molecular flexibility index (Phi) is 3.45. The Morgan fingerprint density at radius 1 is 1.44 bits per heavy atom. The zero-order valence-electron chi connectivity index (χ0n) is 10.2. The summed E-state index contributed by atoms with van der Waals surface area (Å²) >= 11 is 1.79. The predicted molar refractivity (Wildman–Crippen MR) is 69.4 cm³/mol. The van der Waals surface area contributed by atoms with Crippen LogP contribution in [0.5, 0.6) is 5.75 Å². The lowest BCUT2D eigenvalue weighted by atomic mass is 9.89. The topological polar surface area (TPSA) is 21.3 Å². The van der Waals surface area contributed by atoms with Crippen molar-refractivity contribution in [3.8, 4) is 5.75 Å². The van der Waals surface area contributed by atoms with Crippen molar-refractivity contribution in [2.24, 2.45) is 0 Å². The van der Waals surface area contributed by atoms with E-state index in [2.05, 4.69) is 36.7 Å². The number of rotatable bonds is 3. The van der Waals surface area contributed by atoms with Gasteiger partial charge in [0.15, 0.2) is 0 Å². The number of benzene rings is 1. The summed E-state index contributed by atoms with van der Waals surface area (Å²) in [6, 6.07) is 6.29. The average Bonchev–Trinajstić information content (AvgIpc) is 2.76. The normalized spacial score (nSPS) is 24.7. The first kappa shape index (κ1) is 11.8. The maximum Gasteiger partial charge on any atom is 0.125 e. The van der Waals surface area contributed by atoms with Crippen LogP contribution in [0.4, 0.5) is 0 Å². The van der Waals surface area contributed by atoms with Gasteiger partial charge in [-0.25, -0.2) is 0 Å². The Labute approximate surface area is 102 Å². The smallest absolute Gasteiger partial charge is 0.125 e. The molecule has 2 rings (SSSR count). The zero-order chi connectivity index (χ0) is 11.6. The summed E-state index contributed by atoms with van der Waals surface area (Å²) in [6.07, 6.45) is 4.54. The molecule has 88 valence electrons. The number of methoxy groups -OCH3 is 1. The molecule has 0 radical (unpaired) electrons. The van der Waals surface area contributed by atoms with Crippen molar-refractivity contribution in [2.75, 3.05) is 19.9 Å². The van der Waals surface area contributed by atoms with Gasteiger partial charge in [0.25, 0.3) is 0 Å². The summed E-state index contributed by atoms with van der Waals surface area (Å²) in [6.45, 7) is 3.37. The van der Waals surface area contributed by atoms with E-state index in [1.165, 1.54) is 23.3 Å². The SMILES string of the molecule is COc1cccc(SC)c1C1(C)CCCN1. The molecule has 3 heteroatoms. The number of hydrogen-bond donors (Lipinski definition) is 1. The van der Waals surface area contributed by atoms with Crippen LogP contribution >= 0.6 is 11.8 Å². The van der Waals surface area contributed by atoms with Crippen molar-refractivity contribution in [3.63, 3.8) is 0 Å². The van der Waals surface area contributed by atoms with E-state index in [0.717, 1.165) is 12.3 Å². The van der Waals surface area contributed by atoms with Crippen LogP contribution in [0.1, 0.15) is 25.3 Å². The monoisotopic (exact) mass is 237 g/mol. The molecule has 1 N–H and O–H groups in total. The Morgan fingerprint density at radius 3 is 2.81 bits per heavy atom. The van der Waals surface area contributed by atoms with E-state index in [4.69, 9.17) is 4.74 Å². The van der Waals surface area contributed by atoms with Gasteiger partial charge >= 0.3 is 0 Å². The van der Waals surface area contributed by atoms with Crippen LogP contribution in [-0.2, 0) is 5.54 Å². The fourth-order valence-electron chi connectivity index (χ4n) is 2.50. The van der Waals surface area contributed by atoms with E-state index in [9.17, 15) is 0 Å². The highest BCUT2D eigenvalue weighted by Crippen LogP contribution is 2.41. The maximum atomic E-state index is 5.51. The Balaban J connectivity index is 2.51. The van der Waals surface area contributed by atoms with Gasteiger partial charge in [-0.15, -0.1) is 11.8 Å². The van der Waals surface area contributed by atoms with Crippen molar-refractivity contribution in [1.82, 2.24) is 5.32 Å². The third-order valence-corrected chi connectivity index (χ3v) is 4.13. The molecule has 1 aliphatic heterocycles. The second kappa shape index (κ2) is 4.68. The fraction of sp³-hybridized carbons (Fsp3) is 0.538. The minimum Gasteiger partial charge on any atom is -0.496 e. The summed E-state index contributed by atoms with van der Waals surface area (Å²) in [4.78, 5) is 1.32. The quantitative estimate of drug-likeness (QED) is 0.817. The van der Waals surface area contributed by atoms with E-state index in [1.807, 2.05) is 0 Å². The maximum absolute atomic E-state index is 5.51. The first-order valence-corrected chi connectivity index (χ1v) is 6.90. The minimum absolute atomic E-state index is 0.0744. The molecule has 1 aromatic carbocycles. The van der Waals surface area contributed by atoms with Gasteiger partial charge in [0.2, 0.25) is 0 Å². The van der Waals surface area contributed by atoms with Crippen LogP contribution in [0.15, 0.2) is 23.1 Å². The zero-order valence-corrected chi connectivity index (χ0v) is 11.0. The molecule has 0 saturated carbocycles. The van der Waals surface area contributed by atoms with Crippen LogP contribution < -0.4 is 10.1 Å². The standard InChI is InChI=1S/C13H19NOS/c1-13(8-5-9-14-13)12-10(15-2)6-4-7-11(12)16-3/h4,6-7,14H,5,8-9H2,1-3H3. The van der Waals surface area contributed by atoms with Gasteiger partial charge in [0, 0.05) is 16.0 Å². The third kappa shape index (κ3) is 1.94. The number of ether oxygens (including phenoxy) is 1. The summed E-state index contributed by atoms with van der Waals surface area (Å²) in [5.41, 5.74) is 1.40. The molecular weight excluding hydrogens is 218 g/mol.